The van der Waals surface area contributed by atoms with Crippen LogP contribution in [0.1, 0.15) is 35.4 Å². The average Bonchev–Trinajstić information content (AvgIpc) is 2.95. The maximum atomic E-state index is 13.6. The van der Waals surface area contributed by atoms with E-state index in [1.165, 1.54) is 19.2 Å². The Balaban J connectivity index is 1.74. The average molecular weight is 532 g/mol. The number of nitrogens with one attached hydrogen (secondary N) is 3. The van der Waals surface area contributed by atoms with Crippen LogP contribution in [-0.2, 0) is 20.9 Å². The van der Waals surface area contributed by atoms with Crippen molar-refractivity contribution < 1.29 is 24.2 Å². The molecule has 0 aliphatic heterocycles. The Morgan fingerprint density at radius 2 is 1.49 bits per heavy atom. The summed E-state index contributed by atoms with van der Waals surface area (Å²) in [7, 11) is 1.21. The number of carbonyl (C=O) groups excluding carboxylic acids is 3. The van der Waals surface area contributed by atoms with E-state index in [1.54, 1.807) is 12.1 Å². The highest BCUT2D eigenvalue weighted by Crippen LogP contribution is 2.25. The first-order valence-electron chi connectivity index (χ1n) is 12.5. The lowest BCUT2D eigenvalue weighted by Gasteiger charge is -2.23. The lowest BCUT2D eigenvalue weighted by molar-refractivity contribution is -0.129. The number of nitrogens with two attached hydrogens (primary N) is 1. The normalized spacial score (nSPS) is 11.9. The lowest BCUT2D eigenvalue weighted by Crippen LogP contribution is -2.48. The fourth-order valence-electron chi connectivity index (χ4n) is 3.93. The van der Waals surface area contributed by atoms with Gasteiger partial charge in [0.05, 0.1) is 13.0 Å². The zero-order chi connectivity index (χ0) is 28.0. The van der Waals surface area contributed by atoms with Crippen LogP contribution >= 0.6 is 0 Å². The van der Waals surface area contributed by atoms with Crippen molar-refractivity contribution in [1.82, 2.24) is 16.0 Å². The summed E-state index contributed by atoms with van der Waals surface area (Å²) in [5, 5.41) is 17.5. The summed E-state index contributed by atoms with van der Waals surface area (Å²) in [6.45, 7) is 0.439. The Morgan fingerprint density at radius 1 is 0.897 bits per heavy atom. The van der Waals surface area contributed by atoms with E-state index in [0.29, 0.717) is 6.42 Å². The third-order valence-electron chi connectivity index (χ3n) is 5.91. The van der Waals surface area contributed by atoms with Crippen LogP contribution in [0.2, 0.25) is 0 Å². The van der Waals surface area contributed by atoms with E-state index in [0.717, 1.165) is 16.7 Å². The first-order valence-corrected chi connectivity index (χ1v) is 12.5. The second-order valence-electron chi connectivity index (χ2n) is 8.73. The van der Waals surface area contributed by atoms with Crippen molar-refractivity contribution in [3.05, 3.63) is 102 Å². The SMILES string of the molecule is COC(=O)NC(N)=NCCC[C@@H](NC(=O)C(c1ccccc1)c1ccccc1)C(=O)NCc1ccc(O)cc1. The summed E-state index contributed by atoms with van der Waals surface area (Å²) in [5.41, 5.74) is 8.07. The third kappa shape index (κ3) is 9.19. The van der Waals surface area contributed by atoms with Crippen LogP contribution in [0.3, 0.4) is 0 Å². The van der Waals surface area contributed by atoms with Crippen LogP contribution in [0.4, 0.5) is 4.79 Å². The maximum absolute atomic E-state index is 13.6. The molecule has 0 aromatic heterocycles. The molecule has 0 saturated heterocycles. The molecule has 10 heteroatoms. The minimum Gasteiger partial charge on any atom is -0.508 e. The number of aromatic hydroxyl groups is 1. The molecule has 1 atom stereocenters. The number of phenols is 1. The minimum atomic E-state index is -0.852. The Morgan fingerprint density at radius 3 is 2.05 bits per heavy atom. The van der Waals surface area contributed by atoms with E-state index in [2.05, 4.69) is 25.7 Å². The van der Waals surface area contributed by atoms with Crippen molar-refractivity contribution in [1.29, 1.82) is 0 Å². The highest BCUT2D eigenvalue weighted by Gasteiger charge is 2.27. The molecule has 6 N–H and O–H groups in total. The predicted molar refractivity (Wildman–Crippen MR) is 148 cm³/mol. The fraction of sp³-hybridized carbons (Fsp3) is 0.241. The molecule has 0 radical (unpaired) electrons. The fourth-order valence-corrected chi connectivity index (χ4v) is 3.93. The highest BCUT2D eigenvalue weighted by atomic mass is 16.5. The van der Waals surface area contributed by atoms with E-state index in [4.69, 9.17) is 5.73 Å². The quantitative estimate of drug-likeness (QED) is 0.146. The second kappa shape index (κ2) is 14.8. The number of ether oxygens (including phenoxy) is 1. The molecule has 3 aromatic rings. The molecule has 39 heavy (non-hydrogen) atoms. The largest absolute Gasteiger partial charge is 0.508 e. The number of methoxy groups -OCH3 is 1. The number of rotatable bonds is 11. The van der Waals surface area contributed by atoms with Gasteiger partial charge in [-0.2, -0.15) is 0 Å². The number of amides is 3. The van der Waals surface area contributed by atoms with Gasteiger partial charge in [0.2, 0.25) is 11.8 Å². The molecule has 0 aliphatic rings. The standard InChI is InChI=1S/C29H33N5O5/c1-39-29(38)34-28(30)31-18-8-13-24(26(36)32-19-20-14-16-23(35)17-15-20)33-27(37)25(21-9-4-2-5-10-21)22-11-6-3-7-12-22/h2-7,9-12,14-17,24-25,35H,8,13,18-19H2,1H3,(H,32,36)(H,33,37)(H3,30,31,34,38)/t24-/m1/s1. The number of hydrogen-bond acceptors (Lipinski definition) is 6. The molecule has 0 heterocycles. The van der Waals surface area contributed by atoms with Gasteiger partial charge in [-0.3, -0.25) is 19.9 Å². The Kier molecular flexibility index (Phi) is 10.9. The number of guanidine groups is 1. The van der Waals surface area contributed by atoms with Gasteiger partial charge in [-0.05, 0) is 41.7 Å². The number of benzene rings is 3. The van der Waals surface area contributed by atoms with E-state index >= 15 is 0 Å². The van der Waals surface area contributed by atoms with Crippen LogP contribution in [0.25, 0.3) is 0 Å². The van der Waals surface area contributed by atoms with Gasteiger partial charge in [0.1, 0.15) is 11.8 Å². The van der Waals surface area contributed by atoms with Gasteiger partial charge in [-0.15, -0.1) is 0 Å². The highest BCUT2D eigenvalue weighted by molar-refractivity contribution is 5.93. The van der Waals surface area contributed by atoms with Crippen molar-refractivity contribution in [2.45, 2.75) is 31.3 Å². The van der Waals surface area contributed by atoms with Crippen LogP contribution in [0.5, 0.6) is 5.75 Å². The zero-order valence-corrected chi connectivity index (χ0v) is 21.7. The van der Waals surface area contributed by atoms with Crippen LogP contribution in [0, 0.1) is 0 Å². The molecule has 3 aromatic carbocycles. The minimum absolute atomic E-state index is 0.104. The first-order chi connectivity index (χ1) is 18.9. The summed E-state index contributed by atoms with van der Waals surface area (Å²) < 4.78 is 4.48. The molecule has 0 unspecified atom stereocenters. The summed E-state index contributed by atoms with van der Waals surface area (Å²) in [4.78, 5) is 42.2. The molecular weight excluding hydrogens is 498 g/mol. The van der Waals surface area contributed by atoms with Gasteiger partial charge in [-0.25, -0.2) is 4.79 Å². The lowest BCUT2D eigenvalue weighted by atomic mass is 9.90. The monoisotopic (exact) mass is 531 g/mol. The van der Waals surface area contributed by atoms with Crippen molar-refractivity contribution >= 4 is 23.9 Å². The summed E-state index contributed by atoms with van der Waals surface area (Å²) in [5.74, 6) is -1.26. The number of alkyl carbamates (subject to hydrolysis) is 1. The van der Waals surface area contributed by atoms with Crippen LogP contribution in [-0.4, -0.2) is 48.7 Å². The topological polar surface area (TPSA) is 155 Å². The van der Waals surface area contributed by atoms with Gasteiger partial charge in [0.25, 0.3) is 0 Å². The van der Waals surface area contributed by atoms with Gasteiger partial charge < -0.3 is 26.2 Å². The molecule has 204 valence electrons. The van der Waals surface area contributed by atoms with Crippen LogP contribution < -0.4 is 21.7 Å². The van der Waals surface area contributed by atoms with E-state index in [-0.39, 0.29) is 43.0 Å². The van der Waals surface area contributed by atoms with Crippen molar-refractivity contribution in [2.75, 3.05) is 13.7 Å². The number of carbonyl (C=O) groups is 3. The number of nitrogens with zero attached hydrogens (tertiary/aromatic N) is 1. The van der Waals surface area contributed by atoms with Gasteiger partial charge in [0.15, 0.2) is 5.96 Å². The molecular formula is C29H33N5O5. The maximum Gasteiger partial charge on any atom is 0.413 e. The summed E-state index contributed by atoms with van der Waals surface area (Å²) in [6, 6.07) is 24.4. The first kappa shape index (κ1) is 28.7. The van der Waals surface area contributed by atoms with E-state index in [1.807, 2.05) is 60.7 Å². The molecule has 3 amide bonds. The van der Waals surface area contributed by atoms with Gasteiger partial charge in [-0.1, -0.05) is 72.8 Å². The van der Waals surface area contributed by atoms with Crippen molar-refractivity contribution in [3.8, 4) is 5.75 Å². The Hall–Kier alpha value is -4.86. The molecule has 0 spiro atoms. The van der Waals surface area contributed by atoms with E-state index < -0.39 is 18.1 Å². The Labute approximate surface area is 227 Å². The van der Waals surface area contributed by atoms with Gasteiger partial charge in [0, 0.05) is 13.1 Å². The number of aliphatic imine (C=N–C) groups is 1. The van der Waals surface area contributed by atoms with Crippen LogP contribution in [0.15, 0.2) is 89.9 Å². The summed E-state index contributed by atoms with van der Waals surface area (Å²) >= 11 is 0. The van der Waals surface area contributed by atoms with Crippen molar-refractivity contribution in [2.24, 2.45) is 10.7 Å². The molecule has 0 fully saturated rings. The zero-order valence-electron chi connectivity index (χ0n) is 21.7. The van der Waals surface area contributed by atoms with Gasteiger partial charge >= 0.3 is 6.09 Å². The molecule has 3 rings (SSSR count). The molecule has 0 aliphatic carbocycles. The molecule has 0 saturated carbocycles. The molecule has 0 bridgehead atoms. The third-order valence-corrected chi connectivity index (χ3v) is 5.91. The van der Waals surface area contributed by atoms with E-state index in [9.17, 15) is 19.5 Å². The second-order valence-corrected chi connectivity index (χ2v) is 8.73. The predicted octanol–water partition coefficient (Wildman–Crippen LogP) is 2.78. The number of phenolic OH excluding ortho intramolecular Hbond substituents is 1. The molecule has 10 nitrogen and oxygen atoms in total. The summed E-state index contributed by atoms with van der Waals surface area (Å²) in [6.07, 6.45) is -0.0520. The Bertz CT molecular complexity index is 1210. The van der Waals surface area contributed by atoms with Crippen molar-refractivity contribution in [3.63, 3.8) is 0 Å². The number of hydrogen-bond donors (Lipinski definition) is 5. The smallest absolute Gasteiger partial charge is 0.413 e.